The maximum Gasteiger partial charge on any atom is 0.187 e. The van der Waals surface area contributed by atoms with Crippen molar-refractivity contribution >= 4 is 0 Å². The van der Waals surface area contributed by atoms with Gasteiger partial charge in [0.2, 0.25) is 0 Å². The Morgan fingerprint density at radius 1 is 0.392 bits per heavy atom. The number of unbranched alkanes of at least 4 members (excludes halogenated alkanes) is 2. The van der Waals surface area contributed by atoms with Crippen molar-refractivity contribution in [3.05, 3.63) is 0 Å². The molecular formula is C29H53NO21. The molecule has 0 bridgehead atoms. The highest BCUT2D eigenvalue weighted by molar-refractivity contribution is 4.97. The van der Waals surface area contributed by atoms with Crippen molar-refractivity contribution < 1.29 is 104 Å². The molecule has 0 radical (unpaired) electrons. The van der Waals surface area contributed by atoms with Gasteiger partial charge in [0.15, 0.2) is 25.2 Å². The predicted octanol–water partition coefficient (Wildman–Crippen LogP) is -8.60. The molecule has 4 fully saturated rings. The van der Waals surface area contributed by atoms with E-state index in [1.807, 2.05) is 0 Å². The van der Waals surface area contributed by atoms with Crippen molar-refractivity contribution in [2.45, 2.75) is 142 Å². The van der Waals surface area contributed by atoms with E-state index in [1.165, 1.54) is 0 Å². The van der Waals surface area contributed by atoms with Crippen LogP contribution in [0.3, 0.4) is 0 Å². The Labute approximate surface area is 292 Å². The van der Waals surface area contributed by atoms with Gasteiger partial charge in [-0.15, -0.1) is 0 Å². The summed E-state index contributed by atoms with van der Waals surface area (Å²) in [7, 11) is 0. The molecule has 15 N–H and O–H groups in total. The highest BCUT2D eigenvalue weighted by atomic mass is 16.8. The number of hydrogen-bond acceptors (Lipinski definition) is 22. The summed E-state index contributed by atoms with van der Waals surface area (Å²) in [5.74, 6) is 0. The molecule has 300 valence electrons. The van der Waals surface area contributed by atoms with E-state index in [4.69, 9.17) is 43.6 Å². The lowest BCUT2D eigenvalue weighted by Crippen LogP contribution is -2.67. The fraction of sp³-hybridized carbons (Fsp3) is 1.00. The van der Waals surface area contributed by atoms with Gasteiger partial charge in [0, 0.05) is 6.61 Å². The van der Waals surface area contributed by atoms with Crippen molar-refractivity contribution in [3.8, 4) is 0 Å². The van der Waals surface area contributed by atoms with Gasteiger partial charge in [-0.2, -0.15) is 0 Å². The van der Waals surface area contributed by atoms with Crippen molar-refractivity contribution in [1.29, 1.82) is 0 Å². The average molecular weight is 752 g/mol. The molecule has 0 aliphatic carbocycles. The fourth-order valence-electron chi connectivity index (χ4n) is 6.29. The van der Waals surface area contributed by atoms with E-state index in [0.717, 1.165) is 12.8 Å². The summed E-state index contributed by atoms with van der Waals surface area (Å²) in [5.41, 5.74) is 5.47. The molecule has 4 heterocycles. The number of nitrogens with two attached hydrogens (primary N) is 1. The van der Waals surface area contributed by atoms with E-state index in [-0.39, 0.29) is 6.61 Å². The second kappa shape index (κ2) is 19.6. The van der Waals surface area contributed by atoms with Crippen LogP contribution in [0.5, 0.6) is 0 Å². The monoisotopic (exact) mass is 751 g/mol. The summed E-state index contributed by atoms with van der Waals surface area (Å²) < 4.78 is 44.3. The van der Waals surface area contributed by atoms with Crippen molar-refractivity contribution in [1.82, 2.24) is 0 Å². The first-order valence-electron chi connectivity index (χ1n) is 16.8. The third kappa shape index (κ3) is 9.68. The van der Waals surface area contributed by atoms with Crippen LogP contribution in [0, 0.1) is 0 Å². The first-order valence-corrected chi connectivity index (χ1v) is 16.8. The molecular weight excluding hydrogens is 698 g/mol. The standard InChI is InChI=1S/C29H53NO21/c30-4-2-1-3-5-44-26-20(41)16(37)23(11(7-32)46-26)50-28-22(43)18(39)25(13(9-34)48-28)51-29-21(42)17(38)24(12(8-33)47-29)49-27-19(40)15(36)14(35)10(6-31)45-27/h10-29,31-43H,1-9,30H2/t10?,11?,12?,13?,14-,15+,16-,17-,18-,19?,20?,21?,22?,23-,24-,25+,26-,27+,28-,29-/m1/s1. The van der Waals surface area contributed by atoms with Gasteiger partial charge >= 0.3 is 0 Å². The maximum atomic E-state index is 11.0. The van der Waals surface area contributed by atoms with Crippen LogP contribution in [0.4, 0.5) is 0 Å². The lowest BCUT2D eigenvalue weighted by Gasteiger charge is -2.49. The number of ether oxygens (including phenoxy) is 8. The van der Waals surface area contributed by atoms with E-state index in [1.54, 1.807) is 0 Å². The summed E-state index contributed by atoms with van der Waals surface area (Å²) in [6, 6.07) is 0. The molecule has 0 spiro atoms. The van der Waals surface area contributed by atoms with Gasteiger partial charge < -0.3 is 110 Å². The van der Waals surface area contributed by atoms with Crippen molar-refractivity contribution in [3.63, 3.8) is 0 Å². The van der Waals surface area contributed by atoms with E-state index >= 15 is 0 Å². The molecule has 4 aliphatic rings. The zero-order valence-corrected chi connectivity index (χ0v) is 27.6. The van der Waals surface area contributed by atoms with Crippen LogP contribution < -0.4 is 5.73 Å². The summed E-state index contributed by atoms with van der Waals surface area (Å²) in [6.07, 6.45) is -32.0. The Hall–Kier alpha value is -0.880. The molecule has 0 saturated carbocycles. The maximum absolute atomic E-state index is 11.0. The summed E-state index contributed by atoms with van der Waals surface area (Å²) >= 11 is 0. The largest absolute Gasteiger partial charge is 0.394 e. The van der Waals surface area contributed by atoms with Gasteiger partial charge in [-0.1, -0.05) is 0 Å². The Balaban J connectivity index is 1.39. The molecule has 4 saturated heterocycles. The summed E-state index contributed by atoms with van der Waals surface area (Å²) in [6.45, 7) is -2.62. The minimum atomic E-state index is -2.02. The van der Waals surface area contributed by atoms with Crippen LogP contribution >= 0.6 is 0 Å². The lowest BCUT2D eigenvalue weighted by atomic mass is 9.95. The molecule has 20 atom stereocenters. The Morgan fingerprint density at radius 2 is 0.745 bits per heavy atom. The SMILES string of the molecule is NCCCCCO[C@@H]1OC(CO)[C@@H](O[C@H]2OC(CO)[C@H](O[C@H]3OC(CO)[C@@H](O[C@@H]4OC(CO)[C@@H](O)[C@H](O)C4O)[C@H](O)C3O)[C@H](O)C2O)[C@H](O)C1O. The van der Waals surface area contributed by atoms with E-state index in [0.29, 0.717) is 13.0 Å². The molecule has 22 heteroatoms. The summed E-state index contributed by atoms with van der Waals surface area (Å²) in [5, 5.41) is 135. The highest BCUT2D eigenvalue weighted by Crippen LogP contribution is 2.34. The molecule has 0 aromatic rings. The fourth-order valence-corrected chi connectivity index (χ4v) is 6.29. The van der Waals surface area contributed by atoms with Crippen LogP contribution in [0.1, 0.15) is 19.3 Å². The van der Waals surface area contributed by atoms with E-state index in [9.17, 15) is 66.4 Å². The average Bonchev–Trinajstić information content (AvgIpc) is 3.13. The van der Waals surface area contributed by atoms with Gasteiger partial charge in [-0.05, 0) is 25.8 Å². The van der Waals surface area contributed by atoms with Gasteiger partial charge in [0.05, 0.1) is 26.4 Å². The minimum Gasteiger partial charge on any atom is -0.394 e. The molecule has 22 nitrogen and oxygen atoms in total. The summed E-state index contributed by atoms with van der Waals surface area (Å²) in [4.78, 5) is 0. The Kier molecular flexibility index (Phi) is 16.5. The highest BCUT2D eigenvalue weighted by Gasteiger charge is 2.55. The van der Waals surface area contributed by atoms with Gasteiger partial charge in [0.1, 0.15) is 97.7 Å². The molecule has 51 heavy (non-hydrogen) atoms. The Morgan fingerprint density at radius 3 is 1.14 bits per heavy atom. The van der Waals surface area contributed by atoms with Crippen LogP contribution in [-0.4, -0.2) is 229 Å². The normalized spacial score (nSPS) is 48.1. The van der Waals surface area contributed by atoms with Crippen LogP contribution in [-0.2, 0) is 37.9 Å². The van der Waals surface area contributed by atoms with Gasteiger partial charge in [-0.25, -0.2) is 0 Å². The quantitative estimate of drug-likeness (QED) is 0.0651. The number of rotatable bonds is 16. The van der Waals surface area contributed by atoms with Crippen molar-refractivity contribution in [2.24, 2.45) is 5.73 Å². The second-order valence-electron chi connectivity index (χ2n) is 12.8. The number of hydrogen-bond donors (Lipinski definition) is 14. The van der Waals surface area contributed by atoms with Crippen LogP contribution in [0.15, 0.2) is 0 Å². The zero-order chi connectivity index (χ0) is 37.6. The van der Waals surface area contributed by atoms with Crippen LogP contribution in [0.2, 0.25) is 0 Å². The molecule has 0 aromatic heterocycles. The lowest BCUT2D eigenvalue weighted by molar-refractivity contribution is -0.388. The van der Waals surface area contributed by atoms with E-state index in [2.05, 4.69) is 0 Å². The number of aliphatic hydroxyl groups is 13. The minimum absolute atomic E-state index is 0.162. The van der Waals surface area contributed by atoms with Gasteiger partial charge in [0.25, 0.3) is 0 Å². The first-order chi connectivity index (χ1) is 24.3. The van der Waals surface area contributed by atoms with Gasteiger partial charge in [-0.3, -0.25) is 0 Å². The molecule has 0 amide bonds. The van der Waals surface area contributed by atoms with E-state index < -0.39 is 149 Å². The smallest absolute Gasteiger partial charge is 0.187 e. The topological polar surface area (TPSA) is 363 Å². The first kappa shape index (κ1) is 42.9. The Bertz CT molecular complexity index is 1010. The molecule has 4 aliphatic heterocycles. The second-order valence-corrected chi connectivity index (χ2v) is 12.8. The predicted molar refractivity (Wildman–Crippen MR) is 161 cm³/mol. The zero-order valence-electron chi connectivity index (χ0n) is 27.6. The third-order valence-electron chi connectivity index (χ3n) is 9.31. The van der Waals surface area contributed by atoms with Crippen LogP contribution in [0.25, 0.3) is 0 Å². The number of aliphatic hydroxyl groups excluding tert-OH is 13. The molecule has 4 rings (SSSR count). The molecule has 8 unspecified atom stereocenters. The van der Waals surface area contributed by atoms with Crippen molar-refractivity contribution in [2.75, 3.05) is 39.6 Å². The molecule has 0 aromatic carbocycles. The third-order valence-corrected chi connectivity index (χ3v) is 9.31.